The predicted molar refractivity (Wildman–Crippen MR) is 104 cm³/mol. The van der Waals surface area contributed by atoms with Gasteiger partial charge in [0.25, 0.3) is 5.91 Å². The van der Waals surface area contributed by atoms with Crippen molar-refractivity contribution in [1.29, 1.82) is 0 Å². The lowest BCUT2D eigenvalue weighted by atomic mass is 9.72. The number of anilines is 1. The molecule has 2 saturated heterocycles. The highest BCUT2D eigenvalue weighted by Gasteiger charge is 2.53. The molecule has 1 amide bonds. The summed E-state index contributed by atoms with van der Waals surface area (Å²) >= 11 is 0. The van der Waals surface area contributed by atoms with Gasteiger partial charge in [0.2, 0.25) is 0 Å². The van der Waals surface area contributed by atoms with Gasteiger partial charge in [-0.15, -0.1) is 0 Å². The minimum atomic E-state index is 0.0420. The number of rotatable bonds is 3. The van der Waals surface area contributed by atoms with Crippen LogP contribution in [0, 0.1) is 5.41 Å². The van der Waals surface area contributed by atoms with Gasteiger partial charge in [-0.3, -0.25) is 9.48 Å². The predicted octanol–water partition coefficient (Wildman–Crippen LogP) is 2.54. The molecule has 0 radical (unpaired) electrons. The van der Waals surface area contributed by atoms with Crippen LogP contribution in [0.1, 0.15) is 10.5 Å². The Morgan fingerprint density at radius 3 is 2.44 bits per heavy atom. The van der Waals surface area contributed by atoms with E-state index in [0.717, 1.165) is 42.8 Å². The standard InChI is InChI=1S/C21H22N4O2/c1-23-18-6-4-3-5-17(18)19(22-23)20(26)25-13-21(14-25)11-24(12-21)15-7-9-16(27-2)10-8-15/h3-10H,11-14H2,1-2H3. The maximum absolute atomic E-state index is 12.9. The third-order valence-corrected chi connectivity index (χ3v) is 5.79. The number of hydrogen-bond acceptors (Lipinski definition) is 4. The van der Waals surface area contributed by atoms with Crippen LogP contribution in [0.25, 0.3) is 10.9 Å². The fourth-order valence-corrected chi connectivity index (χ4v) is 4.37. The third kappa shape index (κ3) is 2.47. The lowest BCUT2D eigenvalue weighted by Gasteiger charge is -2.60. The first-order valence-corrected chi connectivity index (χ1v) is 9.19. The van der Waals surface area contributed by atoms with E-state index in [1.807, 2.05) is 48.3 Å². The monoisotopic (exact) mass is 362 g/mol. The number of amides is 1. The summed E-state index contributed by atoms with van der Waals surface area (Å²) in [5.41, 5.74) is 3.00. The average molecular weight is 362 g/mol. The zero-order valence-electron chi connectivity index (χ0n) is 15.6. The molecular weight excluding hydrogens is 340 g/mol. The van der Waals surface area contributed by atoms with Crippen molar-refractivity contribution in [3.63, 3.8) is 0 Å². The molecule has 0 saturated carbocycles. The van der Waals surface area contributed by atoms with Crippen LogP contribution in [0.15, 0.2) is 48.5 Å². The number of hydrogen-bond donors (Lipinski definition) is 0. The molecule has 0 unspecified atom stereocenters. The Hall–Kier alpha value is -3.02. The number of likely N-dealkylation sites (tertiary alicyclic amines) is 1. The van der Waals surface area contributed by atoms with Gasteiger partial charge in [0.05, 0.1) is 12.6 Å². The molecule has 138 valence electrons. The molecule has 2 fully saturated rings. The normalized spacial score (nSPS) is 17.7. The number of carbonyl (C=O) groups excluding carboxylic acids is 1. The van der Waals surface area contributed by atoms with E-state index in [4.69, 9.17) is 4.74 Å². The molecule has 6 heteroatoms. The second kappa shape index (κ2) is 5.74. The SMILES string of the molecule is COc1ccc(N2CC3(CN(C(=O)c4nn(C)c5ccccc45)C3)C2)cc1. The fourth-order valence-electron chi connectivity index (χ4n) is 4.37. The van der Waals surface area contributed by atoms with E-state index in [-0.39, 0.29) is 11.3 Å². The summed E-state index contributed by atoms with van der Waals surface area (Å²) < 4.78 is 7.00. The van der Waals surface area contributed by atoms with E-state index in [0.29, 0.717) is 5.69 Å². The molecule has 0 N–H and O–H groups in total. The van der Waals surface area contributed by atoms with Crippen LogP contribution in [0.5, 0.6) is 5.75 Å². The number of para-hydroxylation sites is 1. The molecule has 3 aromatic rings. The number of carbonyl (C=O) groups is 1. The van der Waals surface area contributed by atoms with Gasteiger partial charge < -0.3 is 14.5 Å². The van der Waals surface area contributed by atoms with Gasteiger partial charge in [-0.1, -0.05) is 18.2 Å². The summed E-state index contributed by atoms with van der Waals surface area (Å²) in [6, 6.07) is 16.1. The smallest absolute Gasteiger partial charge is 0.275 e. The van der Waals surface area contributed by atoms with Crippen molar-refractivity contribution in [2.24, 2.45) is 12.5 Å². The number of methoxy groups -OCH3 is 1. The van der Waals surface area contributed by atoms with E-state index >= 15 is 0 Å². The summed E-state index contributed by atoms with van der Waals surface area (Å²) in [5, 5.41) is 5.40. The number of fused-ring (bicyclic) bond motifs is 1. The van der Waals surface area contributed by atoms with Gasteiger partial charge in [-0.05, 0) is 30.3 Å². The van der Waals surface area contributed by atoms with Crippen LogP contribution in [0.3, 0.4) is 0 Å². The van der Waals surface area contributed by atoms with Gasteiger partial charge >= 0.3 is 0 Å². The van der Waals surface area contributed by atoms with Crippen LogP contribution in [-0.4, -0.2) is 53.9 Å². The highest BCUT2D eigenvalue weighted by Crippen LogP contribution is 2.42. The Labute approximate surface area is 157 Å². The molecule has 0 atom stereocenters. The van der Waals surface area contributed by atoms with Crippen LogP contribution >= 0.6 is 0 Å². The van der Waals surface area contributed by atoms with Gasteiger partial charge in [0.1, 0.15) is 5.75 Å². The molecule has 1 aromatic heterocycles. The van der Waals surface area contributed by atoms with Crippen molar-refractivity contribution >= 4 is 22.5 Å². The summed E-state index contributed by atoms with van der Waals surface area (Å²) in [6.45, 7) is 3.60. The molecular formula is C21H22N4O2. The van der Waals surface area contributed by atoms with E-state index in [1.54, 1.807) is 11.8 Å². The number of aryl methyl sites for hydroxylation is 1. The largest absolute Gasteiger partial charge is 0.497 e. The zero-order chi connectivity index (χ0) is 18.6. The van der Waals surface area contributed by atoms with E-state index in [2.05, 4.69) is 22.1 Å². The highest BCUT2D eigenvalue weighted by molar-refractivity contribution is 6.05. The fraction of sp³-hybridized carbons (Fsp3) is 0.333. The first-order chi connectivity index (χ1) is 13.1. The number of nitrogens with zero attached hydrogens (tertiary/aromatic N) is 4. The summed E-state index contributed by atoms with van der Waals surface area (Å²) in [5.74, 6) is 0.914. The van der Waals surface area contributed by atoms with E-state index in [9.17, 15) is 4.79 Å². The van der Waals surface area contributed by atoms with Crippen LogP contribution < -0.4 is 9.64 Å². The van der Waals surface area contributed by atoms with E-state index in [1.165, 1.54) is 5.69 Å². The minimum Gasteiger partial charge on any atom is -0.497 e. The van der Waals surface area contributed by atoms with Crippen LogP contribution in [-0.2, 0) is 7.05 Å². The van der Waals surface area contributed by atoms with Crippen molar-refractivity contribution in [1.82, 2.24) is 14.7 Å². The maximum Gasteiger partial charge on any atom is 0.275 e. The average Bonchev–Trinajstić information content (AvgIpc) is 2.97. The summed E-state index contributed by atoms with van der Waals surface area (Å²) in [7, 11) is 3.56. The van der Waals surface area contributed by atoms with Crippen molar-refractivity contribution in [2.75, 3.05) is 38.2 Å². The highest BCUT2D eigenvalue weighted by atomic mass is 16.5. The van der Waals surface area contributed by atoms with Gasteiger partial charge in [-0.2, -0.15) is 5.10 Å². The van der Waals surface area contributed by atoms with Crippen molar-refractivity contribution < 1.29 is 9.53 Å². The molecule has 2 aliphatic rings. The molecule has 3 heterocycles. The molecule has 2 aromatic carbocycles. The number of aromatic nitrogens is 2. The molecule has 0 aliphatic carbocycles. The second-order valence-corrected chi connectivity index (χ2v) is 7.70. The van der Waals surface area contributed by atoms with Crippen molar-refractivity contribution in [3.8, 4) is 5.75 Å². The Morgan fingerprint density at radius 1 is 1.04 bits per heavy atom. The number of benzene rings is 2. The topological polar surface area (TPSA) is 50.6 Å². The van der Waals surface area contributed by atoms with Crippen LogP contribution in [0.2, 0.25) is 0 Å². The first kappa shape index (κ1) is 16.2. The lowest BCUT2D eigenvalue weighted by Crippen LogP contribution is -2.73. The van der Waals surface area contributed by atoms with Crippen molar-refractivity contribution in [2.45, 2.75) is 0 Å². The third-order valence-electron chi connectivity index (χ3n) is 5.79. The van der Waals surface area contributed by atoms with Gasteiger partial charge in [-0.25, -0.2) is 0 Å². The van der Waals surface area contributed by atoms with Gasteiger partial charge in [0.15, 0.2) is 5.69 Å². The molecule has 5 rings (SSSR count). The lowest BCUT2D eigenvalue weighted by molar-refractivity contribution is -0.0108. The Bertz CT molecular complexity index is 1010. The molecule has 0 bridgehead atoms. The zero-order valence-corrected chi connectivity index (χ0v) is 15.6. The molecule has 1 spiro atoms. The maximum atomic E-state index is 12.9. The Balaban J connectivity index is 1.25. The second-order valence-electron chi connectivity index (χ2n) is 7.70. The molecule has 27 heavy (non-hydrogen) atoms. The summed E-state index contributed by atoms with van der Waals surface area (Å²) in [6.07, 6.45) is 0. The molecule has 2 aliphatic heterocycles. The minimum absolute atomic E-state index is 0.0420. The quantitative estimate of drug-likeness (QED) is 0.719. The number of ether oxygens (including phenoxy) is 1. The molecule has 6 nitrogen and oxygen atoms in total. The van der Waals surface area contributed by atoms with Gasteiger partial charge in [0, 0.05) is 49.7 Å². The first-order valence-electron chi connectivity index (χ1n) is 9.19. The van der Waals surface area contributed by atoms with Crippen LogP contribution in [0.4, 0.5) is 5.69 Å². The summed E-state index contributed by atoms with van der Waals surface area (Å²) in [4.78, 5) is 17.2. The van der Waals surface area contributed by atoms with E-state index < -0.39 is 0 Å². The Morgan fingerprint density at radius 2 is 1.74 bits per heavy atom. The Kier molecular flexibility index (Phi) is 3.44. The van der Waals surface area contributed by atoms with Crippen molar-refractivity contribution in [3.05, 3.63) is 54.2 Å².